The highest BCUT2D eigenvalue weighted by Gasteiger charge is 2.32. The molecule has 2 atom stereocenters. The van der Waals surface area contributed by atoms with E-state index in [1.54, 1.807) is 0 Å². The van der Waals surface area contributed by atoms with Crippen LogP contribution in [0.4, 0.5) is 0 Å². The number of benzene rings is 4. The van der Waals surface area contributed by atoms with Crippen LogP contribution in [-0.2, 0) is 11.3 Å². The molecule has 0 unspecified atom stereocenters. The first-order valence-corrected chi connectivity index (χ1v) is 15.5. The second-order valence-electron chi connectivity index (χ2n) is 11.2. The lowest BCUT2D eigenvalue weighted by atomic mass is 10.0. The molecule has 2 aliphatic heterocycles. The third kappa shape index (κ3) is 7.24. The standard InChI is InChI=1S/C36H39N5O4/c1-37-36(35(43)28-19-20-31-32(24-28)45-23-22-44-31)41-34(27-14-6-3-7-15-27)29-16-8-9-17-30(29)38-33(42)18-10-11-21-40(39-41)25-26-12-4-2-5-13-26/h2-9,12-17,19-20,24,35-37,39,43H,10-11,18,21-23,25H2,1H3/b34-29-,38-30?/t35-,36-/m1/s1. The summed E-state index contributed by atoms with van der Waals surface area (Å²) in [6.45, 7) is 2.22. The van der Waals surface area contributed by atoms with Crippen LogP contribution in [0.2, 0.25) is 0 Å². The van der Waals surface area contributed by atoms with Gasteiger partial charge in [0, 0.05) is 24.7 Å². The van der Waals surface area contributed by atoms with E-state index < -0.39 is 12.3 Å². The van der Waals surface area contributed by atoms with Gasteiger partial charge < -0.3 is 14.6 Å². The summed E-state index contributed by atoms with van der Waals surface area (Å²) in [5, 5.41) is 20.9. The second-order valence-corrected chi connectivity index (χ2v) is 11.2. The van der Waals surface area contributed by atoms with Crippen molar-refractivity contribution in [2.45, 2.75) is 38.1 Å². The monoisotopic (exact) mass is 605 g/mol. The van der Waals surface area contributed by atoms with Crippen molar-refractivity contribution in [1.29, 1.82) is 0 Å². The predicted molar refractivity (Wildman–Crippen MR) is 172 cm³/mol. The van der Waals surface area contributed by atoms with Gasteiger partial charge in [-0.3, -0.25) is 15.1 Å². The zero-order chi connectivity index (χ0) is 31.0. The van der Waals surface area contributed by atoms with E-state index >= 15 is 0 Å². The topological polar surface area (TPSA) is 98.7 Å². The first-order chi connectivity index (χ1) is 22.1. The molecular formula is C36H39N5O4. The highest BCUT2D eigenvalue weighted by atomic mass is 16.6. The fraction of sp³-hybridized carbons (Fsp3) is 0.278. The summed E-state index contributed by atoms with van der Waals surface area (Å²) in [7, 11) is 1.83. The van der Waals surface area contributed by atoms with Crippen LogP contribution in [-0.4, -0.2) is 54.0 Å². The summed E-state index contributed by atoms with van der Waals surface area (Å²) < 4.78 is 11.6. The first kappa shape index (κ1) is 30.5. The van der Waals surface area contributed by atoms with Crippen molar-refractivity contribution < 1.29 is 19.4 Å². The molecule has 0 saturated heterocycles. The number of para-hydroxylation sites is 1. The number of amides is 1. The Labute approximate surface area is 263 Å². The van der Waals surface area contributed by atoms with Crippen LogP contribution in [0.5, 0.6) is 11.5 Å². The Balaban J connectivity index is 1.54. The number of aliphatic hydroxyl groups is 1. The number of hydrogen-bond acceptors (Lipinski definition) is 8. The number of hydrogen-bond donors (Lipinski definition) is 3. The number of hydrazine groups is 2. The Morgan fingerprint density at radius 3 is 2.38 bits per heavy atom. The van der Waals surface area contributed by atoms with E-state index in [2.05, 4.69) is 33.0 Å². The van der Waals surface area contributed by atoms with Crippen molar-refractivity contribution in [2.24, 2.45) is 4.99 Å². The molecule has 0 aromatic heterocycles. The SMILES string of the molecule is CN[C@@H]([C@H](O)c1ccc2c(c1)OCCO2)N1NN(Cc2ccccc2)CCCCC(=O)N=c2cccc/c2=C/1c1ccccc1. The van der Waals surface area contributed by atoms with Crippen LogP contribution < -0.4 is 30.9 Å². The van der Waals surface area contributed by atoms with Crippen LogP contribution in [0.1, 0.15) is 42.1 Å². The minimum atomic E-state index is -1.01. The average molecular weight is 606 g/mol. The summed E-state index contributed by atoms with van der Waals surface area (Å²) >= 11 is 0. The van der Waals surface area contributed by atoms with E-state index in [9.17, 15) is 9.90 Å². The largest absolute Gasteiger partial charge is 0.486 e. The van der Waals surface area contributed by atoms with Gasteiger partial charge in [0.05, 0.1) is 11.1 Å². The number of fused-ring (bicyclic) bond motifs is 2. The molecule has 0 spiro atoms. The number of ether oxygens (including phenoxy) is 2. The zero-order valence-electron chi connectivity index (χ0n) is 25.4. The molecule has 2 heterocycles. The fourth-order valence-corrected chi connectivity index (χ4v) is 5.79. The van der Waals surface area contributed by atoms with Crippen molar-refractivity contribution in [3.05, 3.63) is 130 Å². The lowest BCUT2D eigenvalue weighted by Crippen LogP contribution is -2.60. The molecule has 45 heavy (non-hydrogen) atoms. The van der Waals surface area contributed by atoms with E-state index in [0.717, 1.165) is 28.5 Å². The molecule has 0 bridgehead atoms. The van der Waals surface area contributed by atoms with Crippen molar-refractivity contribution in [3.63, 3.8) is 0 Å². The Kier molecular flexibility index (Phi) is 9.82. The van der Waals surface area contributed by atoms with Gasteiger partial charge in [-0.15, -0.1) is 0 Å². The molecule has 0 saturated carbocycles. The van der Waals surface area contributed by atoms with Gasteiger partial charge in [0.25, 0.3) is 0 Å². The van der Waals surface area contributed by atoms with Crippen LogP contribution >= 0.6 is 0 Å². The number of likely N-dealkylation sites (N-methyl/N-ethyl adjacent to an activating group) is 1. The van der Waals surface area contributed by atoms with Gasteiger partial charge in [-0.25, -0.2) is 10.0 Å². The van der Waals surface area contributed by atoms with Gasteiger partial charge >= 0.3 is 0 Å². The molecule has 2 aliphatic rings. The maximum atomic E-state index is 13.1. The van der Waals surface area contributed by atoms with E-state index in [1.165, 1.54) is 0 Å². The molecule has 232 valence electrons. The quantitative estimate of drug-likeness (QED) is 0.295. The minimum absolute atomic E-state index is 0.147. The van der Waals surface area contributed by atoms with Gasteiger partial charge in [-0.05, 0) is 54.8 Å². The van der Waals surface area contributed by atoms with Gasteiger partial charge in [0.2, 0.25) is 5.91 Å². The summed E-state index contributed by atoms with van der Waals surface area (Å²) in [5.41, 5.74) is 7.17. The van der Waals surface area contributed by atoms with E-state index in [-0.39, 0.29) is 5.91 Å². The minimum Gasteiger partial charge on any atom is -0.486 e. The highest BCUT2D eigenvalue weighted by Crippen LogP contribution is 2.34. The maximum Gasteiger partial charge on any atom is 0.246 e. The van der Waals surface area contributed by atoms with Crippen molar-refractivity contribution in [3.8, 4) is 11.5 Å². The van der Waals surface area contributed by atoms with Crippen molar-refractivity contribution in [2.75, 3.05) is 26.8 Å². The first-order valence-electron chi connectivity index (χ1n) is 15.5. The number of nitrogens with one attached hydrogen (secondary N) is 2. The van der Waals surface area contributed by atoms with Crippen LogP contribution in [0.3, 0.4) is 0 Å². The van der Waals surface area contributed by atoms with Gasteiger partial charge in [-0.2, -0.15) is 5.53 Å². The number of carbonyl (C=O) groups excluding carboxylic acids is 1. The van der Waals surface area contributed by atoms with E-state index in [0.29, 0.717) is 61.6 Å². The van der Waals surface area contributed by atoms with Crippen LogP contribution in [0.15, 0.2) is 108 Å². The Bertz CT molecular complexity index is 1720. The van der Waals surface area contributed by atoms with Crippen molar-refractivity contribution in [1.82, 2.24) is 20.9 Å². The Hall–Kier alpha value is -4.54. The van der Waals surface area contributed by atoms with Crippen LogP contribution in [0.25, 0.3) is 5.70 Å². The maximum absolute atomic E-state index is 13.1. The molecule has 4 aromatic rings. The summed E-state index contributed by atoms with van der Waals surface area (Å²) in [4.78, 5) is 17.6. The average Bonchev–Trinajstić information content (AvgIpc) is 3.08. The third-order valence-electron chi connectivity index (χ3n) is 8.01. The highest BCUT2D eigenvalue weighted by molar-refractivity contribution is 5.77. The number of carbonyl (C=O) groups is 1. The van der Waals surface area contributed by atoms with Gasteiger partial charge in [0.1, 0.15) is 25.5 Å². The number of nitrogens with zero attached hydrogens (tertiary/aromatic N) is 3. The molecule has 0 aliphatic carbocycles. The van der Waals surface area contributed by atoms with Gasteiger partial charge in [0.15, 0.2) is 11.5 Å². The Morgan fingerprint density at radius 1 is 0.889 bits per heavy atom. The van der Waals surface area contributed by atoms with E-state index in [4.69, 9.17) is 9.47 Å². The lowest BCUT2D eigenvalue weighted by Gasteiger charge is -2.41. The fourth-order valence-electron chi connectivity index (χ4n) is 5.79. The molecule has 6 rings (SSSR count). The summed E-state index contributed by atoms with van der Waals surface area (Å²) in [6.07, 6.45) is 0.190. The second kappa shape index (κ2) is 14.5. The number of rotatable bonds is 7. The van der Waals surface area contributed by atoms with Crippen LogP contribution in [0, 0.1) is 0 Å². The van der Waals surface area contributed by atoms with E-state index in [1.807, 2.05) is 103 Å². The number of aliphatic hydroxyl groups excluding tert-OH is 1. The zero-order valence-corrected chi connectivity index (χ0v) is 25.4. The summed E-state index contributed by atoms with van der Waals surface area (Å²) in [5.74, 6) is 1.12. The molecule has 0 fully saturated rings. The smallest absolute Gasteiger partial charge is 0.246 e. The third-order valence-corrected chi connectivity index (χ3v) is 8.01. The Morgan fingerprint density at radius 2 is 1.60 bits per heavy atom. The molecule has 9 nitrogen and oxygen atoms in total. The molecule has 9 heteroatoms. The molecule has 3 N–H and O–H groups in total. The predicted octanol–water partition coefficient (Wildman–Crippen LogP) is 3.45. The van der Waals surface area contributed by atoms with Gasteiger partial charge in [-0.1, -0.05) is 84.9 Å². The molecular weight excluding hydrogens is 566 g/mol. The normalized spacial score (nSPS) is 18.5. The molecule has 0 radical (unpaired) electrons. The summed E-state index contributed by atoms with van der Waals surface area (Å²) in [6, 6.07) is 33.5. The lowest BCUT2D eigenvalue weighted by molar-refractivity contribution is -0.118. The van der Waals surface area contributed by atoms with Crippen molar-refractivity contribution >= 4 is 11.6 Å². The molecule has 1 amide bonds. The molecule has 4 aromatic carbocycles.